The second-order valence-electron chi connectivity index (χ2n) is 7.31. The number of hydrogen-bond acceptors (Lipinski definition) is 4. The minimum absolute atomic E-state index is 0.156. The molecule has 0 saturated heterocycles. The summed E-state index contributed by atoms with van der Waals surface area (Å²) in [5, 5.41) is 16.1. The standard InChI is InChI=1S/C22H36ClN7/c1-6-9-14-24-22(26-16-21-28-27-17(4)29(21)5)25-15-20(30(7-2)8-3)18-12-10-11-13-19(18)23/h10-13,20H,6-9,14-16H2,1-5H3,(H2,24,25,26). The SMILES string of the molecule is CCCCNC(=NCc1nnc(C)n1C)NCC(c1ccccc1Cl)N(CC)CC. The molecule has 0 aliphatic carbocycles. The molecular weight excluding hydrogens is 398 g/mol. The molecule has 2 N–H and O–H groups in total. The van der Waals surface area contributed by atoms with Gasteiger partial charge in [-0.25, -0.2) is 4.99 Å². The van der Waals surface area contributed by atoms with Crippen molar-refractivity contribution in [2.24, 2.45) is 12.0 Å². The molecule has 0 aliphatic heterocycles. The van der Waals surface area contributed by atoms with Crippen LogP contribution in [-0.4, -0.2) is 51.8 Å². The molecule has 1 unspecified atom stereocenters. The lowest BCUT2D eigenvalue weighted by Gasteiger charge is -2.31. The lowest BCUT2D eigenvalue weighted by atomic mass is 10.0. The first kappa shape index (κ1) is 24.2. The molecule has 0 amide bonds. The van der Waals surface area contributed by atoms with E-state index in [9.17, 15) is 0 Å². The first-order valence-corrected chi connectivity index (χ1v) is 11.2. The average molecular weight is 434 g/mol. The smallest absolute Gasteiger partial charge is 0.191 e. The Bertz CT molecular complexity index is 799. The van der Waals surface area contributed by atoms with Crippen molar-refractivity contribution in [2.45, 2.75) is 53.1 Å². The number of rotatable bonds is 11. The molecule has 7 nitrogen and oxygen atoms in total. The molecule has 1 heterocycles. The molecule has 2 rings (SSSR count). The van der Waals surface area contributed by atoms with Crippen LogP contribution in [0.4, 0.5) is 0 Å². The van der Waals surface area contributed by atoms with Crippen LogP contribution >= 0.6 is 11.6 Å². The Morgan fingerprint density at radius 2 is 1.90 bits per heavy atom. The maximum atomic E-state index is 6.54. The summed E-state index contributed by atoms with van der Waals surface area (Å²) in [4.78, 5) is 7.17. The van der Waals surface area contributed by atoms with Crippen LogP contribution in [0.1, 0.15) is 56.9 Å². The van der Waals surface area contributed by atoms with E-state index in [1.54, 1.807) is 0 Å². The monoisotopic (exact) mass is 433 g/mol. The number of nitrogens with one attached hydrogen (secondary N) is 2. The van der Waals surface area contributed by atoms with Gasteiger partial charge in [0.15, 0.2) is 11.8 Å². The Morgan fingerprint density at radius 1 is 1.17 bits per heavy atom. The quantitative estimate of drug-likeness (QED) is 0.321. The number of hydrogen-bond donors (Lipinski definition) is 2. The lowest BCUT2D eigenvalue weighted by molar-refractivity contribution is 0.219. The number of aliphatic imine (C=N–C) groups is 1. The van der Waals surface area contributed by atoms with Gasteiger partial charge in [0.05, 0.1) is 6.04 Å². The van der Waals surface area contributed by atoms with Gasteiger partial charge in [-0.15, -0.1) is 10.2 Å². The van der Waals surface area contributed by atoms with Gasteiger partial charge in [0.25, 0.3) is 0 Å². The number of likely N-dealkylation sites (N-methyl/N-ethyl adjacent to an activating group) is 1. The van der Waals surface area contributed by atoms with Crippen LogP contribution in [0.2, 0.25) is 5.02 Å². The van der Waals surface area contributed by atoms with E-state index in [-0.39, 0.29) is 6.04 Å². The third kappa shape index (κ3) is 6.71. The highest BCUT2D eigenvalue weighted by Gasteiger charge is 2.20. The molecule has 2 aromatic rings. The van der Waals surface area contributed by atoms with Gasteiger partial charge in [0.1, 0.15) is 12.4 Å². The van der Waals surface area contributed by atoms with Gasteiger partial charge in [-0.3, -0.25) is 4.90 Å². The van der Waals surface area contributed by atoms with Gasteiger partial charge in [-0.05, 0) is 38.1 Å². The summed E-state index contributed by atoms with van der Waals surface area (Å²) in [5.74, 6) is 2.51. The van der Waals surface area contributed by atoms with Crippen molar-refractivity contribution in [3.8, 4) is 0 Å². The van der Waals surface area contributed by atoms with Crippen molar-refractivity contribution < 1.29 is 0 Å². The van der Waals surface area contributed by atoms with Crippen molar-refractivity contribution in [1.29, 1.82) is 0 Å². The summed E-state index contributed by atoms with van der Waals surface area (Å²) < 4.78 is 1.97. The van der Waals surface area contributed by atoms with Crippen LogP contribution in [0.3, 0.4) is 0 Å². The average Bonchev–Trinajstić information content (AvgIpc) is 3.07. The Hall–Kier alpha value is -2.12. The lowest BCUT2D eigenvalue weighted by Crippen LogP contribution is -2.43. The molecule has 1 atom stereocenters. The molecule has 30 heavy (non-hydrogen) atoms. The fraction of sp³-hybridized carbons (Fsp3) is 0.591. The molecule has 0 aliphatic rings. The first-order valence-electron chi connectivity index (χ1n) is 10.9. The molecular formula is C22H36ClN7. The van der Waals surface area contributed by atoms with Crippen molar-refractivity contribution in [3.05, 3.63) is 46.5 Å². The Kier molecular flexibility index (Phi) is 10.1. The van der Waals surface area contributed by atoms with Gasteiger partial charge in [-0.1, -0.05) is 57.0 Å². The molecule has 1 aromatic carbocycles. The van der Waals surface area contributed by atoms with E-state index in [1.165, 1.54) is 0 Å². The zero-order chi connectivity index (χ0) is 21.9. The van der Waals surface area contributed by atoms with Crippen molar-refractivity contribution in [3.63, 3.8) is 0 Å². The summed E-state index contributed by atoms with van der Waals surface area (Å²) in [6.45, 7) is 12.4. The van der Waals surface area contributed by atoms with E-state index < -0.39 is 0 Å². The number of benzene rings is 1. The molecule has 1 aromatic heterocycles. The van der Waals surface area contributed by atoms with E-state index in [4.69, 9.17) is 16.6 Å². The number of guanidine groups is 1. The number of aromatic nitrogens is 3. The van der Waals surface area contributed by atoms with Crippen LogP contribution < -0.4 is 10.6 Å². The van der Waals surface area contributed by atoms with Crippen molar-refractivity contribution >= 4 is 17.6 Å². The maximum absolute atomic E-state index is 6.54. The van der Waals surface area contributed by atoms with Crippen LogP contribution in [0.25, 0.3) is 0 Å². The molecule has 0 saturated carbocycles. The Morgan fingerprint density at radius 3 is 2.50 bits per heavy atom. The molecule has 0 fully saturated rings. The Balaban J connectivity index is 2.17. The predicted octanol–water partition coefficient (Wildman–Crippen LogP) is 3.70. The fourth-order valence-electron chi connectivity index (χ4n) is 3.34. The minimum Gasteiger partial charge on any atom is -0.356 e. The summed E-state index contributed by atoms with van der Waals surface area (Å²) in [6, 6.07) is 8.24. The van der Waals surface area contributed by atoms with Crippen molar-refractivity contribution in [1.82, 2.24) is 30.3 Å². The first-order chi connectivity index (χ1) is 14.5. The van der Waals surface area contributed by atoms with Crippen LogP contribution in [0.15, 0.2) is 29.3 Å². The zero-order valence-corrected chi connectivity index (χ0v) is 19.7. The number of unbranched alkanes of at least 4 members (excludes halogenated alkanes) is 1. The maximum Gasteiger partial charge on any atom is 0.191 e. The Labute approximate surface area is 185 Å². The molecule has 166 valence electrons. The van der Waals surface area contributed by atoms with Crippen LogP contribution in [0.5, 0.6) is 0 Å². The second kappa shape index (κ2) is 12.5. The fourth-order valence-corrected chi connectivity index (χ4v) is 3.60. The van der Waals surface area contributed by atoms with Gasteiger partial charge in [-0.2, -0.15) is 0 Å². The third-order valence-corrected chi connectivity index (χ3v) is 5.71. The summed E-state index contributed by atoms with van der Waals surface area (Å²) in [7, 11) is 1.96. The topological polar surface area (TPSA) is 70.4 Å². The second-order valence-corrected chi connectivity index (χ2v) is 7.71. The highest BCUT2D eigenvalue weighted by Crippen LogP contribution is 2.26. The molecule has 8 heteroatoms. The summed E-state index contributed by atoms with van der Waals surface area (Å²) >= 11 is 6.54. The molecule has 0 radical (unpaired) electrons. The van der Waals surface area contributed by atoms with Crippen LogP contribution in [0, 0.1) is 6.92 Å². The highest BCUT2D eigenvalue weighted by atomic mass is 35.5. The van der Waals surface area contributed by atoms with E-state index >= 15 is 0 Å². The number of nitrogens with zero attached hydrogens (tertiary/aromatic N) is 5. The van der Waals surface area contributed by atoms with Gasteiger partial charge < -0.3 is 15.2 Å². The van der Waals surface area contributed by atoms with E-state index in [0.717, 1.165) is 60.7 Å². The minimum atomic E-state index is 0.156. The molecule has 0 bridgehead atoms. The summed E-state index contributed by atoms with van der Waals surface area (Å²) in [6.07, 6.45) is 2.22. The molecule has 0 spiro atoms. The van der Waals surface area contributed by atoms with E-state index in [2.05, 4.69) is 52.6 Å². The number of halogens is 1. The third-order valence-electron chi connectivity index (χ3n) is 5.36. The highest BCUT2D eigenvalue weighted by molar-refractivity contribution is 6.31. The summed E-state index contributed by atoms with van der Waals surface area (Å²) in [5.41, 5.74) is 1.13. The predicted molar refractivity (Wildman–Crippen MR) is 125 cm³/mol. The van der Waals surface area contributed by atoms with Gasteiger partial charge in [0, 0.05) is 25.2 Å². The van der Waals surface area contributed by atoms with E-state index in [0.29, 0.717) is 13.1 Å². The number of aryl methyl sites for hydroxylation is 1. The van der Waals surface area contributed by atoms with Gasteiger partial charge in [0.2, 0.25) is 0 Å². The largest absolute Gasteiger partial charge is 0.356 e. The van der Waals surface area contributed by atoms with E-state index in [1.807, 2.05) is 36.7 Å². The van der Waals surface area contributed by atoms with Crippen molar-refractivity contribution in [2.75, 3.05) is 26.2 Å². The normalized spacial score (nSPS) is 13.0. The van der Waals surface area contributed by atoms with Crippen LogP contribution in [-0.2, 0) is 13.6 Å². The van der Waals surface area contributed by atoms with Gasteiger partial charge >= 0.3 is 0 Å². The zero-order valence-electron chi connectivity index (χ0n) is 19.0.